The number of hydrogen-bond donors (Lipinski definition) is 3. The number of carbonyl (C=O) groups excluding carboxylic acids is 1. The van der Waals surface area contributed by atoms with Crippen LogP contribution in [0.2, 0.25) is 0 Å². The summed E-state index contributed by atoms with van der Waals surface area (Å²) in [6, 6.07) is 8.61. The van der Waals surface area contributed by atoms with Crippen molar-refractivity contribution in [3.05, 3.63) is 59.4 Å². The van der Waals surface area contributed by atoms with Crippen LogP contribution in [-0.4, -0.2) is 30.0 Å². The minimum absolute atomic E-state index is 0.0274. The Hall–Kier alpha value is -2.80. The fourth-order valence-corrected chi connectivity index (χ4v) is 4.54. The summed E-state index contributed by atoms with van der Waals surface area (Å²) < 4.78 is 41.8. The molecule has 0 radical (unpaired) electrons. The van der Waals surface area contributed by atoms with Crippen LogP contribution in [0.5, 0.6) is 0 Å². The molecule has 1 heterocycles. The molecule has 2 saturated carbocycles. The zero-order chi connectivity index (χ0) is 21.5. The lowest BCUT2D eigenvalue weighted by Crippen LogP contribution is -2.39. The number of nitrogens with one attached hydrogen (secondary N) is 3. The molecule has 31 heavy (non-hydrogen) atoms. The lowest BCUT2D eigenvalue weighted by Gasteiger charge is -2.36. The molecule has 0 atom stereocenters. The fraction of sp³-hybridized carbons (Fsp3) is 0.375. The van der Waals surface area contributed by atoms with E-state index in [4.69, 9.17) is 0 Å². The molecule has 3 aromatic rings. The summed E-state index contributed by atoms with van der Waals surface area (Å²) in [6.07, 6.45) is 3.85. The quantitative estimate of drug-likeness (QED) is 0.516. The van der Waals surface area contributed by atoms with Crippen molar-refractivity contribution in [2.75, 3.05) is 13.1 Å². The third-order valence-electron chi connectivity index (χ3n) is 6.30. The van der Waals surface area contributed by atoms with Crippen molar-refractivity contribution in [1.82, 2.24) is 15.6 Å². The van der Waals surface area contributed by atoms with Crippen molar-refractivity contribution >= 4 is 16.8 Å². The average molecular weight is 427 g/mol. The second-order valence-corrected chi connectivity index (χ2v) is 8.74. The molecular weight excluding hydrogens is 403 g/mol. The van der Waals surface area contributed by atoms with E-state index in [0.29, 0.717) is 29.6 Å². The van der Waals surface area contributed by atoms with Gasteiger partial charge < -0.3 is 15.6 Å². The standard InChI is InChI=1S/C24H24F3N3O/c25-16-3-1-14(2-4-16)23-22(19-9-17(26)10-20(27)24(19)30-23)15-7-13(8-15)11-28-12-21(31)29-18-5-6-18/h1-4,9-10,13,15,18,28,30H,5-8,11-12H2,(H,29,31). The van der Waals surface area contributed by atoms with Crippen LogP contribution in [0, 0.1) is 23.4 Å². The maximum absolute atomic E-state index is 14.4. The summed E-state index contributed by atoms with van der Waals surface area (Å²) in [5, 5.41) is 6.70. The predicted octanol–water partition coefficient (Wildman–Crippen LogP) is 4.61. The van der Waals surface area contributed by atoms with Gasteiger partial charge in [0.25, 0.3) is 0 Å². The van der Waals surface area contributed by atoms with Crippen molar-refractivity contribution < 1.29 is 18.0 Å². The van der Waals surface area contributed by atoms with E-state index in [1.807, 2.05) is 0 Å². The Bertz CT molecular complexity index is 1120. The highest BCUT2D eigenvalue weighted by Gasteiger charge is 2.34. The van der Waals surface area contributed by atoms with Crippen molar-refractivity contribution in [2.24, 2.45) is 5.92 Å². The van der Waals surface area contributed by atoms with E-state index in [1.165, 1.54) is 18.2 Å². The fourth-order valence-electron chi connectivity index (χ4n) is 4.54. The van der Waals surface area contributed by atoms with E-state index in [0.717, 1.165) is 49.4 Å². The van der Waals surface area contributed by atoms with E-state index >= 15 is 0 Å². The van der Waals surface area contributed by atoms with Crippen LogP contribution < -0.4 is 10.6 Å². The van der Waals surface area contributed by atoms with Gasteiger partial charge in [0.15, 0.2) is 0 Å². The smallest absolute Gasteiger partial charge is 0.234 e. The first-order valence-corrected chi connectivity index (χ1v) is 10.7. The number of aromatic nitrogens is 1. The van der Waals surface area contributed by atoms with E-state index in [2.05, 4.69) is 15.6 Å². The largest absolute Gasteiger partial charge is 0.352 e. The van der Waals surface area contributed by atoms with Crippen LogP contribution in [0.4, 0.5) is 13.2 Å². The Kier molecular flexibility index (Phi) is 5.22. The minimum atomic E-state index is -0.635. The van der Waals surface area contributed by atoms with Gasteiger partial charge in [-0.05, 0) is 85.5 Å². The SMILES string of the molecule is O=C(CNCC1CC(c2c(-c3ccc(F)cc3)[nH]c3c(F)cc(F)cc23)C1)NC1CC1. The molecule has 0 spiro atoms. The molecule has 0 aliphatic heterocycles. The van der Waals surface area contributed by atoms with Gasteiger partial charge in [-0.15, -0.1) is 0 Å². The minimum Gasteiger partial charge on any atom is -0.352 e. The van der Waals surface area contributed by atoms with Gasteiger partial charge in [-0.1, -0.05) is 0 Å². The molecule has 0 bridgehead atoms. The third-order valence-corrected chi connectivity index (χ3v) is 6.30. The predicted molar refractivity (Wildman–Crippen MR) is 113 cm³/mol. The van der Waals surface area contributed by atoms with Gasteiger partial charge in [0.1, 0.15) is 17.5 Å². The molecule has 1 aromatic heterocycles. The summed E-state index contributed by atoms with van der Waals surface area (Å²) in [5.41, 5.74) is 2.60. The average Bonchev–Trinajstić information content (AvgIpc) is 3.43. The molecule has 2 aromatic carbocycles. The molecular formula is C24H24F3N3O. The number of benzene rings is 2. The summed E-state index contributed by atoms with van der Waals surface area (Å²) in [6.45, 7) is 1.04. The van der Waals surface area contributed by atoms with Crippen molar-refractivity contribution in [3.63, 3.8) is 0 Å². The molecule has 2 aliphatic rings. The number of aromatic amines is 1. The van der Waals surface area contributed by atoms with Crippen LogP contribution in [-0.2, 0) is 4.79 Å². The van der Waals surface area contributed by atoms with Gasteiger partial charge >= 0.3 is 0 Å². The lowest BCUT2D eigenvalue weighted by molar-refractivity contribution is -0.120. The Balaban J connectivity index is 1.33. The lowest BCUT2D eigenvalue weighted by atomic mass is 9.70. The second-order valence-electron chi connectivity index (χ2n) is 8.74. The molecule has 0 unspecified atom stereocenters. The van der Waals surface area contributed by atoms with Crippen molar-refractivity contribution in [1.29, 1.82) is 0 Å². The number of amides is 1. The molecule has 5 rings (SSSR count). The Morgan fingerprint density at radius 1 is 1.03 bits per heavy atom. The van der Waals surface area contributed by atoms with E-state index in [-0.39, 0.29) is 23.2 Å². The van der Waals surface area contributed by atoms with Crippen LogP contribution in [0.25, 0.3) is 22.2 Å². The number of rotatable bonds is 7. The summed E-state index contributed by atoms with van der Waals surface area (Å²) in [4.78, 5) is 14.9. The number of H-pyrrole nitrogens is 1. The molecule has 162 valence electrons. The summed E-state index contributed by atoms with van der Waals surface area (Å²) in [5.74, 6) is -1.04. The number of fused-ring (bicyclic) bond motifs is 1. The number of halogens is 3. The molecule has 2 fully saturated rings. The molecule has 4 nitrogen and oxygen atoms in total. The zero-order valence-corrected chi connectivity index (χ0v) is 17.0. The Morgan fingerprint density at radius 3 is 2.48 bits per heavy atom. The topological polar surface area (TPSA) is 56.9 Å². The van der Waals surface area contributed by atoms with Gasteiger partial charge in [0, 0.05) is 17.5 Å². The van der Waals surface area contributed by atoms with Gasteiger partial charge in [-0.3, -0.25) is 4.79 Å². The van der Waals surface area contributed by atoms with Crippen LogP contribution in [0.1, 0.15) is 37.2 Å². The molecule has 0 saturated heterocycles. The van der Waals surface area contributed by atoms with E-state index in [9.17, 15) is 18.0 Å². The highest BCUT2D eigenvalue weighted by molar-refractivity contribution is 5.92. The second kappa shape index (κ2) is 8.04. The Morgan fingerprint density at radius 2 is 1.77 bits per heavy atom. The van der Waals surface area contributed by atoms with Gasteiger partial charge in [0.05, 0.1) is 17.8 Å². The van der Waals surface area contributed by atoms with Crippen LogP contribution in [0.3, 0.4) is 0 Å². The van der Waals surface area contributed by atoms with Gasteiger partial charge in [-0.2, -0.15) is 0 Å². The first kappa shape index (κ1) is 20.1. The summed E-state index contributed by atoms with van der Waals surface area (Å²) >= 11 is 0. The number of carbonyl (C=O) groups is 1. The third kappa shape index (κ3) is 4.19. The summed E-state index contributed by atoms with van der Waals surface area (Å²) in [7, 11) is 0. The van der Waals surface area contributed by atoms with E-state index in [1.54, 1.807) is 12.1 Å². The van der Waals surface area contributed by atoms with Crippen LogP contribution >= 0.6 is 0 Å². The van der Waals surface area contributed by atoms with Crippen LogP contribution in [0.15, 0.2) is 36.4 Å². The van der Waals surface area contributed by atoms with Crippen molar-refractivity contribution in [3.8, 4) is 11.3 Å². The van der Waals surface area contributed by atoms with E-state index < -0.39 is 11.6 Å². The van der Waals surface area contributed by atoms with Gasteiger partial charge in [0.2, 0.25) is 5.91 Å². The normalized spacial score (nSPS) is 20.6. The molecule has 3 N–H and O–H groups in total. The maximum atomic E-state index is 14.4. The van der Waals surface area contributed by atoms with Crippen molar-refractivity contribution in [2.45, 2.75) is 37.6 Å². The Labute approximate surface area is 178 Å². The first-order chi connectivity index (χ1) is 15.0. The highest BCUT2D eigenvalue weighted by atomic mass is 19.1. The highest BCUT2D eigenvalue weighted by Crippen LogP contribution is 2.48. The zero-order valence-electron chi connectivity index (χ0n) is 17.0. The van der Waals surface area contributed by atoms with Gasteiger partial charge in [-0.25, -0.2) is 13.2 Å². The molecule has 1 amide bonds. The maximum Gasteiger partial charge on any atom is 0.234 e. The number of hydrogen-bond acceptors (Lipinski definition) is 2. The molecule has 2 aliphatic carbocycles. The first-order valence-electron chi connectivity index (χ1n) is 10.7. The molecule has 7 heteroatoms. The monoisotopic (exact) mass is 427 g/mol.